The summed E-state index contributed by atoms with van der Waals surface area (Å²) in [6.07, 6.45) is 3.87. The zero-order valence-corrected chi connectivity index (χ0v) is 20.5. The number of ether oxygens (including phenoxy) is 1. The molecule has 37 heavy (non-hydrogen) atoms. The summed E-state index contributed by atoms with van der Waals surface area (Å²) in [5, 5.41) is 6.97. The van der Waals surface area contributed by atoms with E-state index in [-0.39, 0.29) is 17.9 Å². The molecule has 186 valence electrons. The Balaban J connectivity index is 1.33. The second-order valence-electron chi connectivity index (χ2n) is 8.85. The third-order valence-corrected chi connectivity index (χ3v) is 6.24. The van der Waals surface area contributed by atoms with Crippen molar-refractivity contribution in [2.75, 3.05) is 23.7 Å². The van der Waals surface area contributed by atoms with Gasteiger partial charge in [0, 0.05) is 48.4 Å². The van der Waals surface area contributed by atoms with Crippen LogP contribution >= 0.6 is 0 Å². The number of nitrogens with one attached hydrogen (secondary N) is 2. The molecule has 4 aromatic rings. The third-order valence-electron chi connectivity index (χ3n) is 6.24. The Morgan fingerprint density at radius 3 is 2.65 bits per heavy atom. The SMILES string of the molecule is C=CC(=O)Nc1cccc(-c2cccc3cnc(Nc4ccc(O[C@@H]5CCN(C(C)=O)C5)cc4)nc23)c1. The lowest BCUT2D eigenvalue weighted by molar-refractivity contribution is -0.128. The number of hydrogen-bond donors (Lipinski definition) is 2. The maximum atomic E-state index is 11.7. The van der Waals surface area contributed by atoms with Crippen molar-refractivity contribution in [1.82, 2.24) is 14.9 Å². The van der Waals surface area contributed by atoms with Gasteiger partial charge < -0.3 is 20.3 Å². The van der Waals surface area contributed by atoms with E-state index in [0.29, 0.717) is 18.2 Å². The van der Waals surface area contributed by atoms with Crippen molar-refractivity contribution in [3.63, 3.8) is 0 Å². The topological polar surface area (TPSA) is 96.5 Å². The molecule has 1 aliphatic rings. The van der Waals surface area contributed by atoms with Crippen LogP contribution in [-0.2, 0) is 9.59 Å². The number of nitrogens with zero attached hydrogens (tertiary/aromatic N) is 3. The quantitative estimate of drug-likeness (QED) is 0.345. The molecule has 0 saturated carbocycles. The summed E-state index contributed by atoms with van der Waals surface area (Å²) < 4.78 is 6.04. The lowest BCUT2D eigenvalue weighted by atomic mass is 10.0. The summed E-state index contributed by atoms with van der Waals surface area (Å²) in [6.45, 7) is 6.44. The van der Waals surface area contributed by atoms with Gasteiger partial charge in [-0.15, -0.1) is 0 Å². The van der Waals surface area contributed by atoms with Crippen molar-refractivity contribution in [2.24, 2.45) is 0 Å². The number of fused-ring (bicyclic) bond motifs is 1. The maximum absolute atomic E-state index is 11.7. The van der Waals surface area contributed by atoms with Gasteiger partial charge in [0.25, 0.3) is 0 Å². The fourth-order valence-corrected chi connectivity index (χ4v) is 4.36. The van der Waals surface area contributed by atoms with E-state index >= 15 is 0 Å². The van der Waals surface area contributed by atoms with Crippen molar-refractivity contribution in [1.29, 1.82) is 0 Å². The van der Waals surface area contributed by atoms with Crippen LogP contribution in [0.15, 0.2) is 85.6 Å². The number of amides is 2. The van der Waals surface area contributed by atoms with Gasteiger partial charge in [-0.1, -0.05) is 36.9 Å². The summed E-state index contributed by atoms with van der Waals surface area (Å²) >= 11 is 0. The molecule has 1 saturated heterocycles. The van der Waals surface area contributed by atoms with Gasteiger partial charge in [0.1, 0.15) is 11.9 Å². The first-order valence-electron chi connectivity index (χ1n) is 12.1. The van der Waals surface area contributed by atoms with Crippen LogP contribution in [0.2, 0.25) is 0 Å². The molecule has 0 spiro atoms. The number of benzene rings is 3. The summed E-state index contributed by atoms with van der Waals surface area (Å²) in [5.74, 6) is 1.04. The van der Waals surface area contributed by atoms with Crippen LogP contribution in [0.25, 0.3) is 22.0 Å². The van der Waals surface area contributed by atoms with Gasteiger partial charge in [-0.05, 0) is 48.0 Å². The highest BCUT2D eigenvalue weighted by Gasteiger charge is 2.25. The van der Waals surface area contributed by atoms with E-state index in [4.69, 9.17) is 9.72 Å². The smallest absolute Gasteiger partial charge is 0.247 e. The van der Waals surface area contributed by atoms with E-state index in [9.17, 15) is 9.59 Å². The second-order valence-corrected chi connectivity index (χ2v) is 8.85. The Morgan fingerprint density at radius 1 is 1.08 bits per heavy atom. The molecular weight excluding hydrogens is 466 g/mol. The molecule has 0 bridgehead atoms. The minimum absolute atomic E-state index is 0.00791. The zero-order chi connectivity index (χ0) is 25.8. The Bertz CT molecular complexity index is 1470. The van der Waals surface area contributed by atoms with Gasteiger partial charge in [0.05, 0.1) is 12.1 Å². The average molecular weight is 494 g/mol. The molecule has 0 aliphatic carbocycles. The van der Waals surface area contributed by atoms with Crippen LogP contribution in [-0.4, -0.2) is 45.9 Å². The van der Waals surface area contributed by atoms with Crippen molar-refractivity contribution in [3.8, 4) is 16.9 Å². The molecule has 2 amide bonds. The minimum Gasteiger partial charge on any atom is -0.489 e. The average Bonchev–Trinajstić information content (AvgIpc) is 3.38. The molecule has 1 fully saturated rings. The molecule has 2 heterocycles. The molecule has 8 nitrogen and oxygen atoms in total. The summed E-state index contributed by atoms with van der Waals surface area (Å²) in [4.78, 5) is 34.3. The monoisotopic (exact) mass is 493 g/mol. The highest BCUT2D eigenvalue weighted by molar-refractivity contribution is 6.00. The number of para-hydroxylation sites is 1. The van der Waals surface area contributed by atoms with Crippen LogP contribution in [0.3, 0.4) is 0 Å². The number of anilines is 3. The molecule has 1 aliphatic heterocycles. The molecule has 0 radical (unpaired) electrons. The number of likely N-dealkylation sites (tertiary alicyclic amines) is 1. The van der Waals surface area contributed by atoms with E-state index in [0.717, 1.165) is 46.4 Å². The van der Waals surface area contributed by atoms with E-state index in [2.05, 4.69) is 22.2 Å². The molecule has 1 aromatic heterocycles. The highest BCUT2D eigenvalue weighted by atomic mass is 16.5. The van der Waals surface area contributed by atoms with Crippen molar-refractivity contribution < 1.29 is 14.3 Å². The molecule has 5 rings (SSSR count). The maximum Gasteiger partial charge on any atom is 0.247 e. The Kier molecular flexibility index (Phi) is 6.81. The van der Waals surface area contributed by atoms with E-state index in [1.54, 1.807) is 18.0 Å². The molecule has 8 heteroatoms. The minimum atomic E-state index is -0.262. The highest BCUT2D eigenvalue weighted by Crippen LogP contribution is 2.30. The van der Waals surface area contributed by atoms with Crippen LogP contribution in [0.1, 0.15) is 13.3 Å². The fraction of sp³-hybridized carbons (Fsp3) is 0.172. The number of hydrogen-bond acceptors (Lipinski definition) is 6. The van der Waals surface area contributed by atoms with Crippen LogP contribution < -0.4 is 15.4 Å². The standard InChI is InChI=1S/C29H27N5O3/c1-3-27(36)31-23-8-4-6-20(16-23)26-9-5-7-21-17-30-29(33-28(21)26)32-22-10-12-24(13-11-22)37-25-14-15-34(18-25)19(2)35/h3-13,16-17,25H,1,14-15,18H2,2H3,(H,31,36)(H,30,32,33)/t25-/m1/s1. The first-order chi connectivity index (χ1) is 18.0. The molecule has 3 aromatic carbocycles. The number of carbonyl (C=O) groups excluding carboxylic acids is 2. The summed E-state index contributed by atoms with van der Waals surface area (Å²) in [5.41, 5.74) is 4.16. The van der Waals surface area contributed by atoms with E-state index in [1.807, 2.05) is 66.7 Å². The zero-order valence-electron chi connectivity index (χ0n) is 20.5. The number of rotatable bonds is 7. The third kappa shape index (κ3) is 5.59. The van der Waals surface area contributed by atoms with Gasteiger partial charge in [0.2, 0.25) is 17.8 Å². The summed E-state index contributed by atoms with van der Waals surface area (Å²) in [6, 6.07) is 21.2. The molecule has 2 N–H and O–H groups in total. The lowest BCUT2D eigenvalue weighted by Gasteiger charge is -2.16. The number of carbonyl (C=O) groups is 2. The molecule has 1 atom stereocenters. The lowest BCUT2D eigenvalue weighted by Crippen LogP contribution is -2.28. The normalized spacial score (nSPS) is 14.8. The summed E-state index contributed by atoms with van der Waals surface area (Å²) in [7, 11) is 0. The van der Waals surface area contributed by atoms with Gasteiger partial charge in [0.15, 0.2) is 0 Å². The molecular formula is C29H27N5O3. The Labute approximate surface area is 215 Å². The fourth-order valence-electron chi connectivity index (χ4n) is 4.36. The first kappa shape index (κ1) is 24.0. The van der Waals surface area contributed by atoms with Gasteiger partial charge in [-0.2, -0.15) is 0 Å². The predicted octanol–water partition coefficient (Wildman–Crippen LogP) is 5.16. The first-order valence-corrected chi connectivity index (χ1v) is 12.1. The van der Waals surface area contributed by atoms with Crippen LogP contribution in [0.5, 0.6) is 5.75 Å². The Hall–Kier alpha value is -4.72. The van der Waals surface area contributed by atoms with Crippen molar-refractivity contribution in [3.05, 3.63) is 85.6 Å². The van der Waals surface area contributed by atoms with Crippen LogP contribution in [0.4, 0.5) is 17.3 Å². The second kappa shape index (κ2) is 10.5. The predicted molar refractivity (Wildman–Crippen MR) is 145 cm³/mol. The molecule has 0 unspecified atom stereocenters. The van der Waals surface area contributed by atoms with Crippen molar-refractivity contribution in [2.45, 2.75) is 19.4 Å². The van der Waals surface area contributed by atoms with E-state index in [1.165, 1.54) is 6.08 Å². The van der Waals surface area contributed by atoms with Gasteiger partial charge in [-0.3, -0.25) is 9.59 Å². The van der Waals surface area contributed by atoms with E-state index < -0.39 is 0 Å². The van der Waals surface area contributed by atoms with Crippen molar-refractivity contribution >= 4 is 40.0 Å². The van der Waals surface area contributed by atoms with Gasteiger partial charge >= 0.3 is 0 Å². The van der Waals surface area contributed by atoms with Crippen LogP contribution in [0, 0.1) is 0 Å². The van der Waals surface area contributed by atoms with Gasteiger partial charge in [-0.25, -0.2) is 9.97 Å². The number of aromatic nitrogens is 2. The Morgan fingerprint density at radius 2 is 1.89 bits per heavy atom. The largest absolute Gasteiger partial charge is 0.489 e.